The summed E-state index contributed by atoms with van der Waals surface area (Å²) in [6, 6.07) is 40.7. The zero-order chi connectivity index (χ0) is 28.1. The summed E-state index contributed by atoms with van der Waals surface area (Å²) in [5.74, 6) is 0.224. The number of fused-ring (bicyclic) bond motifs is 2. The smallest absolute Gasteiger partial charge is 0.147 e. The van der Waals surface area contributed by atoms with Crippen LogP contribution in [0.4, 0.5) is 0 Å². The van der Waals surface area contributed by atoms with Gasteiger partial charge < -0.3 is 0 Å². The Morgan fingerprint density at radius 2 is 1.35 bits per heavy atom. The van der Waals surface area contributed by atoms with E-state index in [9.17, 15) is 0 Å². The van der Waals surface area contributed by atoms with Crippen molar-refractivity contribution in [3.8, 4) is 39.3 Å². The van der Waals surface area contributed by atoms with Crippen LogP contribution < -0.4 is 0 Å². The molecule has 3 heteroatoms. The molecule has 0 fully saturated rings. The van der Waals surface area contributed by atoms with Crippen LogP contribution in [0.1, 0.15) is 32.2 Å². The van der Waals surface area contributed by atoms with Crippen molar-refractivity contribution in [2.75, 3.05) is 0 Å². The van der Waals surface area contributed by atoms with Gasteiger partial charge in [-0.05, 0) is 71.5 Å². The van der Waals surface area contributed by atoms with Crippen molar-refractivity contribution < 1.29 is 1.37 Å². The van der Waals surface area contributed by atoms with Crippen LogP contribution in [0, 0.1) is 6.92 Å². The molecule has 0 amide bonds. The quantitative estimate of drug-likeness (QED) is 0.214. The number of benzene rings is 5. The first kappa shape index (κ1) is 23.4. The molecule has 2 nitrogen and oxygen atoms in total. The number of thiophene rings is 1. The molecule has 0 saturated heterocycles. The van der Waals surface area contributed by atoms with E-state index < -0.39 is 5.89 Å². The van der Waals surface area contributed by atoms with Gasteiger partial charge in [0.1, 0.15) is 5.82 Å². The Morgan fingerprint density at radius 1 is 0.725 bits per heavy atom. The van der Waals surface area contributed by atoms with Gasteiger partial charge in [-0.3, -0.25) is 4.57 Å². The fourth-order valence-electron chi connectivity index (χ4n) is 5.64. The van der Waals surface area contributed by atoms with Gasteiger partial charge in [-0.25, -0.2) is 4.98 Å². The van der Waals surface area contributed by atoms with E-state index in [0.717, 1.165) is 39.1 Å². The lowest BCUT2D eigenvalue weighted by Crippen LogP contribution is -2.03. The molecular weight excluding hydrogens is 504 g/mol. The molecule has 0 bridgehead atoms. The lowest BCUT2D eigenvalue weighted by Gasteiger charge is -2.20. The molecule has 0 spiro atoms. The molecule has 0 aliphatic heterocycles. The van der Waals surface area contributed by atoms with E-state index in [1.54, 1.807) is 11.3 Å². The Kier molecular flexibility index (Phi) is 5.81. The summed E-state index contributed by atoms with van der Waals surface area (Å²) in [6.07, 6.45) is 0. The molecule has 7 rings (SSSR count). The lowest BCUT2D eigenvalue weighted by atomic mass is 9.93. The van der Waals surface area contributed by atoms with Crippen molar-refractivity contribution in [1.82, 2.24) is 9.55 Å². The average Bonchev–Trinajstić information content (AvgIpc) is 3.58. The second-order valence-corrected chi connectivity index (χ2v) is 11.5. The third-order valence-electron chi connectivity index (χ3n) is 7.60. The van der Waals surface area contributed by atoms with Crippen molar-refractivity contribution in [3.63, 3.8) is 0 Å². The van der Waals surface area contributed by atoms with Crippen molar-refractivity contribution in [2.45, 2.75) is 26.7 Å². The fourth-order valence-corrected chi connectivity index (χ4v) is 6.56. The average molecular weight is 536 g/mol. The molecule has 0 saturated carbocycles. The largest absolute Gasteiger partial charge is 0.291 e. The van der Waals surface area contributed by atoms with Crippen LogP contribution >= 0.6 is 11.3 Å². The topological polar surface area (TPSA) is 17.8 Å². The van der Waals surface area contributed by atoms with Crippen LogP contribution in [0.5, 0.6) is 0 Å². The van der Waals surface area contributed by atoms with Crippen LogP contribution in [-0.2, 0) is 0 Å². The van der Waals surface area contributed by atoms with E-state index in [4.69, 9.17) is 6.35 Å². The van der Waals surface area contributed by atoms with Gasteiger partial charge in [-0.15, -0.1) is 11.3 Å². The lowest BCUT2D eigenvalue weighted by molar-refractivity contribution is 0.869. The monoisotopic (exact) mass is 535 g/mol. The van der Waals surface area contributed by atoms with E-state index in [0.29, 0.717) is 0 Å². The van der Waals surface area contributed by atoms with Crippen LogP contribution in [0.2, 0.25) is 0 Å². The maximum Gasteiger partial charge on any atom is 0.147 e. The van der Waals surface area contributed by atoms with Crippen molar-refractivity contribution in [1.29, 1.82) is 0 Å². The van der Waals surface area contributed by atoms with Gasteiger partial charge in [0.05, 0.1) is 16.7 Å². The second-order valence-electron chi connectivity index (χ2n) is 10.6. The molecule has 40 heavy (non-hydrogen) atoms. The van der Waals surface area contributed by atoms with E-state index in [1.165, 1.54) is 32.5 Å². The summed E-state index contributed by atoms with van der Waals surface area (Å²) >= 11 is 1.73. The SMILES string of the molecule is [2H]C(C)(C)c1ccc2scc(-c3nc4ccccc4n3-c3c(-c4ccccc4)cc(C)cc3-c3ccccc3)c2c1. The highest BCUT2D eigenvalue weighted by atomic mass is 32.1. The molecule has 0 atom stereocenters. The highest BCUT2D eigenvalue weighted by Gasteiger charge is 2.23. The Bertz CT molecular complexity index is 1970. The predicted octanol–water partition coefficient (Wildman–Crippen LogP) is 10.7. The van der Waals surface area contributed by atoms with E-state index in [1.807, 2.05) is 13.8 Å². The number of aryl methyl sites for hydroxylation is 1. The maximum atomic E-state index is 8.69. The molecule has 0 aliphatic carbocycles. The van der Waals surface area contributed by atoms with Crippen LogP contribution in [0.15, 0.2) is 121 Å². The predicted molar refractivity (Wildman–Crippen MR) is 172 cm³/mol. The van der Waals surface area contributed by atoms with Crippen molar-refractivity contribution >= 4 is 32.5 Å². The highest BCUT2D eigenvalue weighted by Crippen LogP contribution is 2.43. The first-order valence-corrected chi connectivity index (χ1v) is 14.5. The first-order chi connectivity index (χ1) is 19.9. The molecular formula is C37H30N2S. The molecule has 0 N–H and O–H groups in total. The summed E-state index contributed by atoms with van der Waals surface area (Å²) in [7, 11) is 0. The summed E-state index contributed by atoms with van der Waals surface area (Å²) in [4.78, 5) is 5.29. The number of imidazole rings is 1. The zero-order valence-electron chi connectivity index (χ0n) is 23.8. The first-order valence-electron chi connectivity index (χ1n) is 14.1. The zero-order valence-corrected chi connectivity index (χ0v) is 23.7. The van der Waals surface area contributed by atoms with Crippen molar-refractivity contribution in [3.05, 3.63) is 132 Å². The molecule has 2 heterocycles. The van der Waals surface area contributed by atoms with Crippen LogP contribution in [0.3, 0.4) is 0 Å². The normalized spacial score (nSPS) is 12.2. The minimum atomic E-state index is -0.689. The highest BCUT2D eigenvalue weighted by molar-refractivity contribution is 7.17. The number of aromatic nitrogens is 2. The number of hydrogen-bond donors (Lipinski definition) is 0. The van der Waals surface area contributed by atoms with Crippen LogP contribution in [0.25, 0.3) is 60.4 Å². The molecule has 7 aromatic rings. The summed E-state index contributed by atoms with van der Waals surface area (Å²) in [6.45, 7) is 6.06. The number of rotatable bonds is 5. The van der Waals surface area contributed by atoms with Gasteiger partial charge >= 0.3 is 0 Å². The summed E-state index contributed by atoms with van der Waals surface area (Å²) in [5.41, 5.74) is 11.1. The molecule has 2 aromatic heterocycles. The summed E-state index contributed by atoms with van der Waals surface area (Å²) in [5, 5.41) is 3.36. The van der Waals surface area contributed by atoms with Gasteiger partial charge in [0.25, 0.3) is 0 Å². The fraction of sp³-hybridized carbons (Fsp3) is 0.108. The third kappa shape index (κ3) is 4.14. The molecule has 0 aliphatic rings. The Hall–Kier alpha value is -4.47. The van der Waals surface area contributed by atoms with Gasteiger partial charge in [-0.2, -0.15) is 0 Å². The van der Waals surface area contributed by atoms with Gasteiger partial charge in [0.2, 0.25) is 0 Å². The molecule has 194 valence electrons. The van der Waals surface area contributed by atoms with Crippen molar-refractivity contribution in [2.24, 2.45) is 0 Å². The third-order valence-corrected chi connectivity index (χ3v) is 8.56. The van der Waals surface area contributed by atoms with Crippen LogP contribution in [-0.4, -0.2) is 9.55 Å². The standard InChI is InChI=1S/C37H30N2S/c1-24(2)28-18-19-35-31(22-28)32(23-40-35)37-38-33-16-10-11-17-34(33)39(37)36-29(26-12-6-4-7-13-26)20-25(3)21-30(36)27-14-8-5-9-15-27/h4-24H,1-3H3/i24D. The second kappa shape index (κ2) is 9.93. The molecule has 5 aromatic carbocycles. The van der Waals surface area contributed by atoms with E-state index >= 15 is 0 Å². The van der Waals surface area contributed by atoms with E-state index in [-0.39, 0.29) is 0 Å². The molecule has 0 unspecified atom stereocenters. The van der Waals surface area contributed by atoms with Gasteiger partial charge in [-0.1, -0.05) is 92.7 Å². The number of hydrogen-bond acceptors (Lipinski definition) is 2. The maximum absolute atomic E-state index is 8.69. The van der Waals surface area contributed by atoms with Gasteiger partial charge in [0, 0.05) is 33.5 Å². The number of para-hydroxylation sites is 2. The van der Waals surface area contributed by atoms with E-state index in [2.05, 4.69) is 132 Å². The Labute approximate surface area is 240 Å². The number of nitrogens with zero attached hydrogens (tertiary/aromatic N) is 2. The minimum Gasteiger partial charge on any atom is -0.291 e. The Balaban J connectivity index is 1.62. The minimum absolute atomic E-state index is 0.689. The Morgan fingerprint density at radius 3 is 2.00 bits per heavy atom. The summed E-state index contributed by atoms with van der Waals surface area (Å²) < 4.78 is 12.2. The van der Waals surface area contributed by atoms with Gasteiger partial charge in [0.15, 0.2) is 0 Å². The molecule has 0 radical (unpaired) electrons.